The third kappa shape index (κ3) is 3.15. The Balaban J connectivity index is 3.14. The Morgan fingerprint density at radius 2 is 1.80 bits per heavy atom. The number of aromatic hydroxyl groups is 1. The number of phenols is 1. The van der Waals surface area contributed by atoms with Crippen molar-refractivity contribution in [3.8, 4) is 11.5 Å². The predicted molar refractivity (Wildman–Crippen MR) is 62.6 cm³/mol. The smallest absolute Gasteiger partial charge is 0.165 e. The summed E-state index contributed by atoms with van der Waals surface area (Å²) >= 11 is 0. The molecule has 0 fully saturated rings. The fraction of sp³-hybridized carbons (Fsp3) is 0.538. The number of phenolic OH excluding ortho intramolecular Hbond substituents is 1. The van der Waals surface area contributed by atoms with Gasteiger partial charge in [0.2, 0.25) is 0 Å². The third-order valence-electron chi connectivity index (χ3n) is 2.05. The average molecular weight is 208 g/mol. The van der Waals surface area contributed by atoms with E-state index in [9.17, 15) is 5.11 Å². The van der Waals surface area contributed by atoms with E-state index in [-0.39, 0.29) is 11.4 Å². The van der Waals surface area contributed by atoms with E-state index in [1.165, 1.54) is 0 Å². The highest BCUT2D eigenvalue weighted by molar-refractivity contribution is 5.47. The van der Waals surface area contributed by atoms with E-state index in [1.807, 2.05) is 32.9 Å². The van der Waals surface area contributed by atoms with E-state index in [1.54, 1.807) is 6.07 Å². The van der Waals surface area contributed by atoms with Crippen LogP contribution in [-0.2, 0) is 0 Å². The summed E-state index contributed by atoms with van der Waals surface area (Å²) in [7, 11) is 0. The van der Waals surface area contributed by atoms with Crippen molar-refractivity contribution >= 4 is 0 Å². The van der Waals surface area contributed by atoms with Crippen LogP contribution in [0.2, 0.25) is 0 Å². The summed E-state index contributed by atoms with van der Waals surface area (Å²) in [4.78, 5) is 0. The van der Waals surface area contributed by atoms with Gasteiger partial charge < -0.3 is 9.84 Å². The maximum atomic E-state index is 9.78. The first kappa shape index (κ1) is 11.9. The monoisotopic (exact) mass is 208 g/mol. The normalized spacial score (nSPS) is 11.9. The van der Waals surface area contributed by atoms with Crippen LogP contribution in [-0.4, -0.2) is 10.7 Å². The number of benzene rings is 1. The third-order valence-corrected chi connectivity index (χ3v) is 2.05. The van der Waals surface area contributed by atoms with Gasteiger partial charge in [0, 0.05) is 5.56 Å². The minimum atomic E-state index is -0.289. The first-order valence-electron chi connectivity index (χ1n) is 5.32. The van der Waals surface area contributed by atoms with Crippen LogP contribution in [0, 0.1) is 0 Å². The van der Waals surface area contributed by atoms with Crippen LogP contribution >= 0.6 is 0 Å². The van der Waals surface area contributed by atoms with Crippen molar-refractivity contribution in [3.05, 3.63) is 23.8 Å². The van der Waals surface area contributed by atoms with E-state index in [2.05, 4.69) is 13.8 Å². The van der Waals surface area contributed by atoms with Crippen molar-refractivity contribution in [2.45, 2.75) is 46.1 Å². The summed E-state index contributed by atoms with van der Waals surface area (Å²) in [6, 6.07) is 5.50. The molecule has 1 aromatic carbocycles. The van der Waals surface area contributed by atoms with Gasteiger partial charge in [0.1, 0.15) is 5.60 Å². The molecule has 1 aromatic rings. The van der Waals surface area contributed by atoms with Crippen LogP contribution in [0.25, 0.3) is 0 Å². The van der Waals surface area contributed by atoms with Gasteiger partial charge in [0.05, 0.1) is 0 Å². The van der Waals surface area contributed by atoms with Gasteiger partial charge in [-0.1, -0.05) is 26.0 Å². The van der Waals surface area contributed by atoms with Gasteiger partial charge in [-0.3, -0.25) is 0 Å². The molecular formula is C13H20O2. The standard InChI is InChI=1S/C13H20O2/c1-9(2)10-7-6-8-11(14)12(10)15-13(3,4)5/h6-9,14H,1-5H3. The topological polar surface area (TPSA) is 29.5 Å². The molecule has 1 rings (SSSR count). The molecule has 0 amide bonds. The average Bonchev–Trinajstić information content (AvgIpc) is 2.05. The zero-order valence-electron chi connectivity index (χ0n) is 10.2. The minimum Gasteiger partial charge on any atom is -0.504 e. The summed E-state index contributed by atoms with van der Waals surface area (Å²) in [5, 5.41) is 9.78. The molecule has 0 aliphatic heterocycles. The molecule has 0 saturated heterocycles. The molecule has 2 heteroatoms. The van der Waals surface area contributed by atoms with Crippen LogP contribution in [0.3, 0.4) is 0 Å². The lowest BCUT2D eigenvalue weighted by atomic mass is 10.0. The molecule has 0 bridgehead atoms. The molecule has 0 aliphatic carbocycles. The van der Waals surface area contributed by atoms with Crippen molar-refractivity contribution in [1.29, 1.82) is 0 Å². The molecule has 0 aromatic heterocycles. The van der Waals surface area contributed by atoms with Gasteiger partial charge in [0.15, 0.2) is 11.5 Å². The van der Waals surface area contributed by atoms with Gasteiger partial charge in [0.25, 0.3) is 0 Å². The Bertz CT molecular complexity index is 335. The van der Waals surface area contributed by atoms with E-state index in [0.29, 0.717) is 11.7 Å². The molecule has 15 heavy (non-hydrogen) atoms. The second kappa shape index (κ2) is 4.13. The Hall–Kier alpha value is -1.18. The SMILES string of the molecule is CC(C)c1cccc(O)c1OC(C)(C)C. The number of rotatable bonds is 2. The highest BCUT2D eigenvalue weighted by atomic mass is 16.5. The Labute approximate surface area is 91.9 Å². The second-order valence-corrected chi connectivity index (χ2v) is 5.06. The van der Waals surface area contributed by atoms with Crippen molar-refractivity contribution < 1.29 is 9.84 Å². The summed E-state index contributed by atoms with van der Waals surface area (Å²) in [6.07, 6.45) is 0. The lowest BCUT2D eigenvalue weighted by molar-refractivity contribution is 0.124. The van der Waals surface area contributed by atoms with Crippen LogP contribution in [0.15, 0.2) is 18.2 Å². The van der Waals surface area contributed by atoms with Crippen LogP contribution in [0.4, 0.5) is 0 Å². The first-order chi connectivity index (χ1) is 6.81. The fourth-order valence-corrected chi connectivity index (χ4v) is 1.41. The second-order valence-electron chi connectivity index (χ2n) is 5.06. The highest BCUT2D eigenvalue weighted by Gasteiger charge is 2.18. The number of para-hydroxylation sites is 1. The molecule has 2 nitrogen and oxygen atoms in total. The number of hydrogen-bond acceptors (Lipinski definition) is 2. The quantitative estimate of drug-likeness (QED) is 0.803. The highest BCUT2D eigenvalue weighted by Crippen LogP contribution is 2.36. The molecule has 84 valence electrons. The molecule has 0 unspecified atom stereocenters. The lowest BCUT2D eigenvalue weighted by Crippen LogP contribution is -2.23. The van der Waals surface area contributed by atoms with Gasteiger partial charge in [-0.15, -0.1) is 0 Å². The number of hydrogen-bond donors (Lipinski definition) is 1. The molecule has 0 atom stereocenters. The van der Waals surface area contributed by atoms with Gasteiger partial charge >= 0.3 is 0 Å². The van der Waals surface area contributed by atoms with Gasteiger partial charge in [-0.25, -0.2) is 0 Å². The summed E-state index contributed by atoms with van der Waals surface area (Å²) < 4.78 is 5.77. The van der Waals surface area contributed by atoms with Crippen LogP contribution in [0.5, 0.6) is 11.5 Å². The summed E-state index contributed by atoms with van der Waals surface area (Å²) in [5.74, 6) is 1.17. The molecule has 0 saturated carbocycles. The van der Waals surface area contributed by atoms with Crippen molar-refractivity contribution in [1.82, 2.24) is 0 Å². The van der Waals surface area contributed by atoms with Gasteiger partial charge in [-0.05, 0) is 32.8 Å². The fourth-order valence-electron chi connectivity index (χ4n) is 1.41. The van der Waals surface area contributed by atoms with E-state index < -0.39 is 0 Å². The van der Waals surface area contributed by atoms with E-state index >= 15 is 0 Å². The molecule has 1 N–H and O–H groups in total. The lowest BCUT2D eigenvalue weighted by Gasteiger charge is -2.24. The van der Waals surface area contributed by atoms with Crippen LogP contribution in [0.1, 0.15) is 46.1 Å². The van der Waals surface area contributed by atoms with Crippen molar-refractivity contribution in [2.24, 2.45) is 0 Å². The molecule has 0 heterocycles. The van der Waals surface area contributed by atoms with Gasteiger partial charge in [-0.2, -0.15) is 0 Å². The minimum absolute atomic E-state index is 0.219. The molecule has 0 aliphatic rings. The first-order valence-corrected chi connectivity index (χ1v) is 5.32. The van der Waals surface area contributed by atoms with E-state index in [4.69, 9.17) is 4.74 Å². The zero-order valence-corrected chi connectivity index (χ0v) is 10.2. The summed E-state index contributed by atoms with van der Waals surface area (Å²) in [5.41, 5.74) is 0.757. The largest absolute Gasteiger partial charge is 0.504 e. The maximum Gasteiger partial charge on any atom is 0.165 e. The Kier molecular flexibility index (Phi) is 3.28. The zero-order chi connectivity index (χ0) is 11.6. The summed E-state index contributed by atoms with van der Waals surface area (Å²) in [6.45, 7) is 10.1. The van der Waals surface area contributed by atoms with Crippen molar-refractivity contribution in [2.75, 3.05) is 0 Å². The molecular weight excluding hydrogens is 188 g/mol. The Morgan fingerprint density at radius 3 is 2.27 bits per heavy atom. The Morgan fingerprint density at radius 1 is 1.20 bits per heavy atom. The molecule has 0 spiro atoms. The molecule has 0 radical (unpaired) electrons. The maximum absolute atomic E-state index is 9.78. The predicted octanol–water partition coefficient (Wildman–Crippen LogP) is 3.69. The van der Waals surface area contributed by atoms with Crippen LogP contribution < -0.4 is 4.74 Å². The van der Waals surface area contributed by atoms with E-state index in [0.717, 1.165) is 5.56 Å². The number of ether oxygens (including phenoxy) is 1. The van der Waals surface area contributed by atoms with Crippen molar-refractivity contribution in [3.63, 3.8) is 0 Å².